The molecule has 0 unspecified atom stereocenters. The van der Waals surface area contributed by atoms with E-state index < -0.39 is 5.60 Å². The van der Waals surface area contributed by atoms with E-state index in [0.29, 0.717) is 6.54 Å². The number of aliphatic hydroxyl groups is 1. The highest BCUT2D eigenvalue weighted by Gasteiger charge is 2.28. The standard InChI is InChI=1S/C18H23N3O2S/c22-16(20-13-18(23)8-4-1-2-5-9-18)11-14-12-24-17(21-14)15-7-3-6-10-19-15/h3,6-7,10,12,23H,1-2,4-5,8-9,11,13H2,(H,20,22). The van der Waals surface area contributed by atoms with Gasteiger partial charge in [0.1, 0.15) is 5.01 Å². The summed E-state index contributed by atoms with van der Waals surface area (Å²) in [6.45, 7) is 0.336. The van der Waals surface area contributed by atoms with Crippen LogP contribution in [0.4, 0.5) is 0 Å². The number of pyridine rings is 1. The van der Waals surface area contributed by atoms with Gasteiger partial charge in [-0.3, -0.25) is 9.78 Å². The normalized spacial score (nSPS) is 17.2. The molecule has 1 saturated carbocycles. The first kappa shape index (κ1) is 17.0. The molecule has 0 bridgehead atoms. The summed E-state index contributed by atoms with van der Waals surface area (Å²) in [5.41, 5.74) is 0.820. The molecule has 0 saturated heterocycles. The molecule has 0 atom stereocenters. The zero-order valence-electron chi connectivity index (χ0n) is 13.7. The highest BCUT2D eigenvalue weighted by Crippen LogP contribution is 2.26. The highest BCUT2D eigenvalue weighted by molar-refractivity contribution is 7.13. The zero-order valence-corrected chi connectivity index (χ0v) is 14.5. The molecule has 1 amide bonds. The van der Waals surface area contributed by atoms with Crippen LogP contribution in [-0.2, 0) is 11.2 Å². The fourth-order valence-electron chi connectivity index (χ4n) is 3.05. The van der Waals surface area contributed by atoms with Crippen LogP contribution < -0.4 is 5.32 Å². The van der Waals surface area contributed by atoms with Crippen LogP contribution in [0.5, 0.6) is 0 Å². The lowest BCUT2D eigenvalue weighted by molar-refractivity contribution is -0.121. The summed E-state index contributed by atoms with van der Waals surface area (Å²) in [6, 6.07) is 5.69. The van der Waals surface area contributed by atoms with Gasteiger partial charge in [-0.1, -0.05) is 31.7 Å². The molecule has 1 aliphatic carbocycles. The number of hydrogen-bond acceptors (Lipinski definition) is 5. The maximum Gasteiger partial charge on any atom is 0.226 e. The Hall–Kier alpha value is -1.79. The third kappa shape index (κ3) is 4.61. The van der Waals surface area contributed by atoms with Crippen LogP contribution in [0.1, 0.15) is 44.2 Å². The molecule has 0 spiro atoms. The first-order chi connectivity index (χ1) is 11.6. The van der Waals surface area contributed by atoms with Gasteiger partial charge in [-0.25, -0.2) is 4.98 Å². The van der Waals surface area contributed by atoms with Gasteiger partial charge < -0.3 is 10.4 Å². The predicted molar refractivity (Wildman–Crippen MR) is 94.7 cm³/mol. The van der Waals surface area contributed by atoms with Gasteiger partial charge in [0.15, 0.2) is 0 Å². The van der Waals surface area contributed by atoms with Crippen molar-refractivity contribution in [2.75, 3.05) is 6.54 Å². The Morgan fingerprint density at radius 3 is 2.75 bits per heavy atom. The minimum atomic E-state index is -0.743. The summed E-state index contributed by atoms with van der Waals surface area (Å²) in [4.78, 5) is 20.9. The Balaban J connectivity index is 1.53. The molecule has 2 aromatic heterocycles. The molecule has 0 radical (unpaired) electrons. The third-order valence-electron chi connectivity index (χ3n) is 4.43. The second kappa shape index (κ2) is 7.85. The number of nitrogens with one attached hydrogen (secondary N) is 1. The second-order valence-corrected chi connectivity index (χ2v) is 7.31. The van der Waals surface area contributed by atoms with Crippen LogP contribution in [0.15, 0.2) is 29.8 Å². The average molecular weight is 345 g/mol. The average Bonchev–Trinajstić information content (AvgIpc) is 2.95. The van der Waals surface area contributed by atoms with Crippen LogP contribution in [0, 0.1) is 0 Å². The molecule has 128 valence electrons. The van der Waals surface area contributed by atoms with E-state index in [9.17, 15) is 9.90 Å². The molecule has 2 heterocycles. The fourth-order valence-corrected chi connectivity index (χ4v) is 3.84. The van der Waals surface area contributed by atoms with Crippen molar-refractivity contribution in [2.24, 2.45) is 0 Å². The van der Waals surface area contributed by atoms with E-state index in [0.717, 1.165) is 42.1 Å². The second-order valence-electron chi connectivity index (χ2n) is 6.45. The van der Waals surface area contributed by atoms with E-state index in [1.807, 2.05) is 23.6 Å². The van der Waals surface area contributed by atoms with Crippen molar-refractivity contribution in [2.45, 2.75) is 50.5 Å². The van der Waals surface area contributed by atoms with E-state index in [1.54, 1.807) is 6.20 Å². The molecule has 24 heavy (non-hydrogen) atoms. The van der Waals surface area contributed by atoms with Gasteiger partial charge in [-0.05, 0) is 25.0 Å². The lowest BCUT2D eigenvalue weighted by Gasteiger charge is -2.26. The molecule has 1 fully saturated rings. The predicted octanol–water partition coefficient (Wildman–Crippen LogP) is 2.95. The maximum atomic E-state index is 12.2. The summed E-state index contributed by atoms with van der Waals surface area (Å²) in [5.74, 6) is -0.0921. The Bertz CT molecular complexity index is 664. The Morgan fingerprint density at radius 2 is 2.04 bits per heavy atom. The SMILES string of the molecule is O=C(Cc1csc(-c2ccccn2)n1)NCC1(O)CCCCCC1. The van der Waals surface area contributed by atoms with Crippen molar-refractivity contribution in [3.63, 3.8) is 0 Å². The van der Waals surface area contributed by atoms with Gasteiger partial charge in [-0.15, -0.1) is 11.3 Å². The van der Waals surface area contributed by atoms with Crippen molar-refractivity contribution in [3.05, 3.63) is 35.5 Å². The first-order valence-corrected chi connectivity index (χ1v) is 9.37. The molecule has 2 aromatic rings. The topological polar surface area (TPSA) is 75.1 Å². The number of rotatable bonds is 5. The van der Waals surface area contributed by atoms with E-state index in [4.69, 9.17) is 0 Å². The molecule has 6 heteroatoms. The van der Waals surface area contributed by atoms with Gasteiger partial charge in [0.2, 0.25) is 5.91 Å². The monoisotopic (exact) mass is 345 g/mol. The molecule has 5 nitrogen and oxygen atoms in total. The molecule has 1 aliphatic rings. The van der Waals surface area contributed by atoms with Crippen LogP contribution in [0.2, 0.25) is 0 Å². The van der Waals surface area contributed by atoms with E-state index in [2.05, 4.69) is 15.3 Å². The van der Waals surface area contributed by atoms with Gasteiger partial charge in [0.25, 0.3) is 0 Å². The summed E-state index contributed by atoms with van der Waals surface area (Å²) in [7, 11) is 0. The number of thiazole rings is 1. The largest absolute Gasteiger partial charge is 0.388 e. The minimum Gasteiger partial charge on any atom is -0.388 e. The van der Waals surface area contributed by atoms with E-state index in [1.165, 1.54) is 24.2 Å². The Morgan fingerprint density at radius 1 is 1.25 bits per heavy atom. The molecule has 0 aliphatic heterocycles. The van der Waals surface area contributed by atoms with Crippen molar-refractivity contribution < 1.29 is 9.90 Å². The molecule has 2 N–H and O–H groups in total. The van der Waals surface area contributed by atoms with E-state index >= 15 is 0 Å². The van der Waals surface area contributed by atoms with Crippen molar-refractivity contribution in [1.29, 1.82) is 0 Å². The van der Waals surface area contributed by atoms with Crippen molar-refractivity contribution >= 4 is 17.2 Å². The fraction of sp³-hybridized carbons (Fsp3) is 0.500. The maximum absolute atomic E-state index is 12.2. The number of amides is 1. The van der Waals surface area contributed by atoms with Crippen molar-refractivity contribution in [3.8, 4) is 10.7 Å². The third-order valence-corrected chi connectivity index (χ3v) is 5.34. The number of hydrogen-bond donors (Lipinski definition) is 2. The Labute approximate surface area is 146 Å². The molecule has 3 rings (SSSR count). The highest BCUT2D eigenvalue weighted by atomic mass is 32.1. The number of aromatic nitrogens is 2. The lowest BCUT2D eigenvalue weighted by atomic mass is 9.94. The number of nitrogens with zero attached hydrogens (tertiary/aromatic N) is 2. The minimum absolute atomic E-state index is 0.0921. The quantitative estimate of drug-likeness (QED) is 0.817. The van der Waals surface area contributed by atoms with Crippen LogP contribution in [0.3, 0.4) is 0 Å². The van der Waals surface area contributed by atoms with Crippen LogP contribution in [0.25, 0.3) is 10.7 Å². The molecule has 0 aromatic carbocycles. The first-order valence-electron chi connectivity index (χ1n) is 8.50. The van der Waals surface area contributed by atoms with E-state index in [-0.39, 0.29) is 12.3 Å². The smallest absolute Gasteiger partial charge is 0.226 e. The summed E-state index contributed by atoms with van der Waals surface area (Å²) in [5, 5.41) is 16.2. The number of carbonyl (C=O) groups is 1. The summed E-state index contributed by atoms with van der Waals surface area (Å²) in [6.07, 6.45) is 7.92. The van der Waals surface area contributed by atoms with Crippen LogP contribution >= 0.6 is 11.3 Å². The molecular weight excluding hydrogens is 322 g/mol. The Kier molecular flexibility index (Phi) is 5.58. The summed E-state index contributed by atoms with van der Waals surface area (Å²) >= 11 is 1.49. The van der Waals surface area contributed by atoms with Crippen LogP contribution in [-0.4, -0.2) is 33.1 Å². The summed E-state index contributed by atoms with van der Waals surface area (Å²) < 4.78 is 0. The zero-order chi connectivity index (χ0) is 16.8. The van der Waals surface area contributed by atoms with Gasteiger partial charge in [0.05, 0.1) is 23.4 Å². The van der Waals surface area contributed by atoms with Gasteiger partial charge in [-0.2, -0.15) is 0 Å². The van der Waals surface area contributed by atoms with Crippen molar-refractivity contribution in [1.82, 2.24) is 15.3 Å². The lowest BCUT2D eigenvalue weighted by Crippen LogP contribution is -2.43. The molecular formula is C18H23N3O2S. The number of carbonyl (C=O) groups excluding carboxylic acids is 1. The van der Waals surface area contributed by atoms with Gasteiger partial charge >= 0.3 is 0 Å². The van der Waals surface area contributed by atoms with Gasteiger partial charge in [0, 0.05) is 18.1 Å².